The Morgan fingerprint density at radius 2 is 1.63 bits per heavy atom. The van der Waals surface area contributed by atoms with Crippen molar-refractivity contribution in [1.29, 1.82) is 0 Å². The van der Waals surface area contributed by atoms with E-state index in [1.54, 1.807) is 12.1 Å². The van der Waals surface area contributed by atoms with Gasteiger partial charge in [0.05, 0.1) is 0 Å². The smallest absolute Gasteiger partial charge is 0.127 e. The van der Waals surface area contributed by atoms with Crippen LogP contribution in [0.15, 0.2) is 48.8 Å². The van der Waals surface area contributed by atoms with E-state index in [9.17, 15) is 4.39 Å². The molecule has 0 spiro atoms. The summed E-state index contributed by atoms with van der Waals surface area (Å²) >= 11 is 0. The molecule has 30 heavy (non-hydrogen) atoms. The van der Waals surface area contributed by atoms with Crippen LogP contribution in [-0.2, 0) is 13.1 Å². The molecule has 1 aromatic heterocycles. The first-order valence-corrected chi connectivity index (χ1v) is 11.4. The molecule has 0 saturated carbocycles. The van der Waals surface area contributed by atoms with E-state index >= 15 is 0 Å². The van der Waals surface area contributed by atoms with E-state index in [4.69, 9.17) is 0 Å². The number of likely N-dealkylation sites (tertiary alicyclic amines) is 2. The van der Waals surface area contributed by atoms with Gasteiger partial charge < -0.3 is 9.80 Å². The summed E-state index contributed by atoms with van der Waals surface area (Å²) in [5, 5.41) is 0. The van der Waals surface area contributed by atoms with Crippen LogP contribution < -0.4 is 0 Å². The normalized spacial score (nSPS) is 20.1. The summed E-state index contributed by atoms with van der Waals surface area (Å²) in [4.78, 5) is 11.7. The second kappa shape index (κ2) is 10.5. The molecular formula is C25H35FN4. The molecular weight excluding hydrogens is 375 g/mol. The fourth-order valence-electron chi connectivity index (χ4n) is 5.02. The van der Waals surface area contributed by atoms with Crippen molar-refractivity contribution in [3.05, 3.63) is 65.7 Å². The minimum Gasteiger partial charge on any atom is -0.306 e. The van der Waals surface area contributed by atoms with E-state index in [-0.39, 0.29) is 5.82 Å². The van der Waals surface area contributed by atoms with E-state index in [2.05, 4.69) is 38.9 Å². The largest absolute Gasteiger partial charge is 0.306 e. The number of rotatable bonds is 7. The van der Waals surface area contributed by atoms with Crippen LogP contribution in [0.4, 0.5) is 4.39 Å². The Labute approximate surface area is 180 Å². The van der Waals surface area contributed by atoms with E-state index in [0.717, 1.165) is 24.7 Å². The third kappa shape index (κ3) is 5.87. The van der Waals surface area contributed by atoms with Gasteiger partial charge in [-0.1, -0.05) is 18.2 Å². The van der Waals surface area contributed by atoms with E-state index < -0.39 is 0 Å². The highest BCUT2D eigenvalue weighted by atomic mass is 19.1. The Bertz CT molecular complexity index is 768. The minimum absolute atomic E-state index is 0.102. The molecule has 0 N–H and O–H groups in total. The van der Waals surface area contributed by atoms with Crippen molar-refractivity contribution in [3.63, 3.8) is 0 Å². The monoisotopic (exact) mass is 410 g/mol. The lowest BCUT2D eigenvalue weighted by Gasteiger charge is -2.42. The Morgan fingerprint density at radius 3 is 2.33 bits per heavy atom. The average Bonchev–Trinajstić information content (AvgIpc) is 2.77. The lowest BCUT2D eigenvalue weighted by atomic mass is 9.92. The fraction of sp³-hybridized carbons (Fsp3) is 0.560. The molecule has 2 aliphatic rings. The molecule has 2 aliphatic heterocycles. The molecule has 162 valence electrons. The summed E-state index contributed by atoms with van der Waals surface area (Å²) in [6.45, 7) is 7.40. The number of halogens is 1. The van der Waals surface area contributed by atoms with Gasteiger partial charge in [-0.2, -0.15) is 0 Å². The number of hydrogen-bond acceptors (Lipinski definition) is 4. The molecule has 4 nitrogen and oxygen atoms in total. The van der Waals surface area contributed by atoms with Gasteiger partial charge in [-0.3, -0.25) is 9.88 Å². The fourth-order valence-corrected chi connectivity index (χ4v) is 5.02. The third-order valence-electron chi connectivity index (χ3n) is 6.88. The predicted octanol–water partition coefficient (Wildman–Crippen LogP) is 4.03. The Hall–Kier alpha value is -1.82. The molecule has 0 amide bonds. The van der Waals surface area contributed by atoms with Gasteiger partial charge in [0.2, 0.25) is 0 Å². The van der Waals surface area contributed by atoms with Crippen molar-refractivity contribution in [2.24, 2.45) is 5.92 Å². The van der Waals surface area contributed by atoms with Crippen LogP contribution in [0.1, 0.15) is 36.8 Å². The maximum Gasteiger partial charge on any atom is 0.127 e. The van der Waals surface area contributed by atoms with Crippen LogP contribution in [0.2, 0.25) is 0 Å². The first kappa shape index (κ1) is 21.4. The lowest BCUT2D eigenvalue weighted by molar-refractivity contribution is 0.0727. The van der Waals surface area contributed by atoms with Crippen molar-refractivity contribution in [2.45, 2.75) is 44.8 Å². The van der Waals surface area contributed by atoms with Crippen LogP contribution in [0, 0.1) is 11.7 Å². The molecule has 1 aromatic carbocycles. The molecule has 0 aliphatic carbocycles. The van der Waals surface area contributed by atoms with Gasteiger partial charge in [0.25, 0.3) is 0 Å². The molecule has 2 aromatic rings. The van der Waals surface area contributed by atoms with E-state index in [1.165, 1.54) is 57.4 Å². The summed E-state index contributed by atoms with van der Waals surface area (Å²) in [6, 6.07) is 12.1. The first-order valence-electron chi connectivity index (χ1n) is 11.4. The number of aromatic nitrogens is 1. The van der Waals surface area contributed by atoms with Crippen LogP contribution in [-0.4, -0.2) is 65.5 Å². The SMILES string of the molecule is CN1CCC(N2CCC(CN(Cc3ccncc3)Cc3ccccc3F)CC2)CC1. The second-order valence-electron chi connectivity index (χ2n) is 9.13. The number of piperidine rings is 2. The number of benzene rings is 1. The Kier molecular flexibility index (Phi) is 7.47. The maximum absolute atomic E-state index is 14.3. The zero-order valence-electron chi connectivity index (χ0n) is 18.2. The molecule has 0 radical (unpaired) electrons. The average molecular weight is 411 g/mol. The van der Waals surface area contributed by atoms with Crippen LogP contribution in [0.25, 0.3) is 0 Å². The van der Waals surface area contributed by atoms with Crippen LogP contribution >= 0.6 is 0 Å². The summed E-state index contributed by atoms with van der Waals surface area (Å²) in [5.74, 6) is 0.579. The quantitative estimate of drug-likeness (QED) is 0.687. The molecule has 0 bridgehead atoms. The summed E-state index contributed by atoms with van der Waals surface area (Å²) in [7, 11) is 2.23. The zero-order chi connectivity index (χ0) is 20.8. The summed E-state index contributed by atoms with van der Waals surface area (Å²) in [6.07, 6.45) is 8.80. The molecule has 3 heterocycles. The molecule has 2 fully saturated rings. The highest BCUT2D eigenvalue weighted by Crippen LogP contribution is 2.25. The maximum atomic E-state index is 14.3. The lowest BCUT2D eigenvalue weighted by Crippen LogP contribution is -2.47. The summed E-state index contributed by atoms with van der Waals surface area (Å²) < 4.78 is 14.3. The van der Waals surface area contributed by atoms with Crippen molar-refractivity contribution < 1.29 is 4.39 Å². The molecule has 2 saturated heterocycles. The Balaban J connectivity index is 1.35. The van der Waals surface area contributed by atoms with Gasteiger partial charge in [-0.15, -0.1) is 0 Å². The topological polar surface area (TPSA) is 22.6 Å². The first-order chi connectivity index (χ1) is 14.7. The van der Waals surface area contributed by atoms with Crippen molar-refractivity contribution in [2.75, 3.05) is 39.8 Å². The molecule has 0 unspecified atom stereocenters. The number of nitrogens with zero attached hydrogens (tertiary/aromatic N) is 4. The van der Waals surface area contributed by atoms with Gasteiger partial charge in [-0.25, -0.2) is 4.39 Å². The number of hydrogen-bond donors (Lipinski definition) is 0. The van der Waals surface area contributed by atoms with Crippen molar-refractivity contribution >= 4 is 0 Å². The van der Waals surface area contributed by atoms with Crippen LogP contribution in [0.3, 0.4) is 0 Å². The van der Waals surface area contributed by atoms with Crippen molar-refractivity contribution in [3.8, 4) is 0 Å². The third-order valence-corrected chi connectivity index (χ3v) is 6.88. The zero-order valence-corrected chi connectivity index (χ0v) is 18.2. The van der Waals surface area contributed by atoms with Gasteiger partial charge in [-0.05, 0) is 88.6 Å². The van der Waals surface area contributed by atoms with Gasteiger partial charge in [0.15, 0.2) is 0 Å². The van der Waals surface area contributed by atoms with Gasteiger partial charge >= 0.3 is 0 Å². The minimum atomic E-state index is -0.102. The van der Waals surface area contributed by atoms with E-state index in [1.807, 2.05) is 24.5 Å². The summed E-state index contributed by atoms with van der Waals surface area (Å²) in [5.41, 5.74) is 2.03. The highest BCUT2D eigenvalue weighted by molar-refractivity contribution is 5.18. The van der Waals surface area contributed by atoms with Crippen molar-refractivity contribution in [1.82, 2.24) is 19.7 Å². The molecule has 4 rings (SSSR count). The second-order valence-corrected chi connectivity index (χ2v) is 9.13. The molecule has 0 atom stereocenters. The number of pyridine rings is 1. The highest BCUT2D eigenvalue weighted by Gasteiger charge is 2.28. The van der Waals surface area contributed by atoms with E-state index in [0.29, 0.717) is 12.5 Å². The van der Waals surface area contributed by atoms with Crippen LogP contribution in [0.5, 0.6) is 0 Å². The van der Waals surface area contributed by atoms with Gasteiger partial charge in [0, 0.05) is 43.6 Å². The van der Waals surface area contributed by atoms with Gasteiger partial charge in [0.1, 0.15) is 5.82 Å². The Morgan fingerprint density at radius 1 is 0.933 bits per heavy atom. The standard InChI is InChI=1S/C25H35FN4/c1-28-14-10-24(11-15-28)30-16-8-22(9-17-30)19-29(18-21-6-12-27-13-7-21)20-23-4-2-3-5-25(23)26/h2-7,12-13,22,24H,8-11,14-20H2,1H3. The predicted molar refractivity (Wildman–Crippen MR) is 120 cm³/mol. The molecule has 5 heteroatoms.